The van der Waals surface area contributed by atoms with E-state index in [0.29, 0.717) is 11.6 Å². The number of hydrogen-bond acceptors (Lipinski definition) is 5. The third-order valence-corrected chi connectivity index (χ3v) is 3.58. The van der Waals surface area contributed by atoms with Gasteiger partial charge in [-0.3, -0.25) is 0 Å². The lowest BCUT2D eigenvalue weighted by Crippen LogP contribution is -2.09. The number of hydrogen-bond donors (Lipinski definition) is 1. The predicted octanol–water partition coefficient (Wildman–Crippen LogP) is 4.22. The van der Waals surface area contributed by atoms with Crippen LogP contribution in [0.2, 0.25) is 0 Å². The first kappa shape index (κ1) is 20.8. The Hall–Kier alpha value is -1.52. The fraction of sp³-hybridized carbons (Fsp3) is 0.429. The highest BCUT2D eigenvalue weighted by molar-refractivity contribution is 8.31. The largest absolute Gasteiger partial charge is 0.453 e. The van der Waals surface area contributed by atoms with Crippen molar-refractivity contribution in [1.82, 2.24) is 14.8 Å². The summed E-state index contributed by atoms with van der Waals surface area (Å²) in [5.74, 6) is -0.467. The van der Waals surface area contributed by atoms with Crippen molar-refractivity contribution in [2.75, 3.05) is 12.4 Å². The molecule has 0 aliphatic heterocycles. The van der Waals surface area contributed by atoms with Crippen molar-refractivity contribution in [3.63, 3.8) is 0 Å². The average Bonchev–Trinajstić information content (AvgIpc) is 3.23. The molecule has 1 aliphatic rings. The lowest BCUT2D eigenvalue weighted by atomic mass is 10.1. The van der Waals surface area contributed by atoms with E-state index >= 15 is 0 Å². The van der Waals surface area contributed by atoms with Gasteiger partial charge >= 0.3 is 14.4 Å². The van der Waals surface area contributed by atoms with Crippen LogP contribution in [0.15, 0.2) is 18.2 Å². The third kappa shape index (κ3) is 5.75. The Morgan fingerprint density at radius 2 is 1.85 bits per heavy atom. The second kappa shape index (κ2) is 7.61. The smallest absolute Gasteiger partial charge is 0.357 e. The zero-order valence-electron chi connectivity index (χ0n) is 13.7. The highest BCUT2D eigenvalue weighted by Gasteiger charge is 2.37. The summed E-state index contributed by atoms with van der Waals surface area (Å²) in [7, 11) is 6.34. The minimum Gasteiger partial charge on any atom is -0.357 e. The quantitative estimate of drug-likeness (QED) is 0.737. The molecule has 26 heavy (non-hydrogen) atoms. The molecule has 0 radical (unpaired) electrons. The Morgan fingerprint density at radius 3 is 2.27 bits per heavy atom. The van der Waals surface area contributed by atoms with Crippen LogP contribution >= 0.6 is 21.4 Å². The average molecular weight is 431 g/mol. The Balaban J connectivity index is 0.000000431. The number of anilines is 1. The van der Waals surface area contributed by atoms with Crippen LogP contribution in [0.5, 0.6) is 0 Å². The van der Waals surface area contributed by atoms with E-state index in [2.05, 4.69) is 36.8 Å². The standard InChI is InChI=1S/C14H15F3N4.Cl2O2S/c1-8-7-10(9-3-4-9)5-6-11(8)21-13(18-2)19-12(20-21)14(15,16)17;1-5(2,3)4/h5-7,9H,3-4H2,1-2H3,(H,18,19,20);. The molecule has 1 aliphatic carbocycles. The maximum absolute atomic E-state index is 12.7. The molecule has 0 spiro atoms. The first-order chi connectivity index (χ1) is 11.9. The van der Waals surface area contributed by atoms with Gasteiger partial charge in [0.15, 0.2) is 0 Å². The summed E-state index contributed by atoms with van der Waals surface area (Å²) in [6.45, 7) is 1.87. The highest BCUT2D eigenvalue weighted by atomic mass is 36.0. The van der Waals surface area contributed by atoms with Crippen molar-refractivity contribution < 1.29 is 21.6 Å². The number of aromatic nitrogens is 3. The van der Waals surface area contributed by atoms with E-state index in [1.807, 2.05) is 19.1 Å². The van der Waals surface area contributed by atoms with Crippen molar-refractivity contribution in [1.29, 1.82) is 0 Å². The van der Waals surface area contributed by atoms with E-state index in [0.717, 1.165) is 5.56 Å². The molecular weight excluding hydrogens is 416 g/mol. The van der Waals surface area contributed by atoms with Crippen LogP contribution in [-0.2, 0) is 14.4 Å². The van der Waals surface area contributed by atoms with Crippen LogP contribution in [0.25, 0.3) is 5.69 Å². The van der Waals surface area contributed by atoms with Gasteiger partial charge in [-0.25, -0.2) is 0 Å². The minimum atomic E-state index is -4.56. The monoisotopic (exact) mass is 430 g/mol. The maximum Gasteiger partial charge on any atom is 0.453 e. The second-order valence-corrected chi connectivity index (χ2v) is 9.29. The number of aryl methyl sites for hydroxylation is 1. The number of benzene rings is 1. The first-order valence-electron chi connectivity index (χ1n) is 7.37. The molecule has 2 aromatic rings. The molecule has 1 aromatic heterocycles. The van der Waals surface area contributed by atoms with Gasteiger partial charge in [-0.2, -0.15) is 31.3 Å². The predicted molar refractivity (Wildman–Crippen MR) is 93.2 cm³/mol. The van der Waals surface area contributed by atoms with Gasteiger partial charge in [0.05, 0.1) is 5.69 Å². The van der Waals surface area contributed by atoms with E-state index in [-0.39, 0.29) is 5.95 Å². The molecular formula is C14H15Cl2F3N4O2S. The molecule has 144 valence electrons. The fourth-order valence-electron chi connectivity index (χ4n) is 2.35. The number of alkyl halides is 3. The zero-order chi connectivity index (χ0) is 19.7. The fourth-order valence-corrected chi connectivity index (χ4v) is 2.35. The molecule has 1 aromatic carbocycles. The lowest BCUT2D eigenvalue weighted by molar-refractivity contribution is -0.144. The summed E-state index contributed by atoms with van der Waals surface area (Å²) >= 11 is 0. The number of nitrogens with one attached hydrogen (secondary N) is 1. The summed E-state index contributed by atoms with van der Waals surface area (Å²) in [5, 5.41) is 6.24. The summed E-state index contributed by atoms with van der Waals surface area (Å²) in [4.78, 5) is 3.50. The number of nitrogens with zero attached hydrogens (tertiary/aromatic N) is 3. The molecule has 0 saturated heterocycles. The van der Waals surface area contributed by atoms with E-state index in [1.165, 1.54) is 30.1 Å². The SMILES string of the molecule is CNc1nc(C(F)(F)F)nn1-c1ccc(C2CC2)cc1C.O=S(=O)(Cl)Cl. The van der Waals surface area contributed by atoms with Gasteiger partial charge in [0.1, 0.15) is 0 Å². The third-order valence-electron chi connectivity index (χ3n) is 3.58. The Kier molecular flexibility index (Phi) is 6.09. The van der Waals surface area contributed by atoms with E-state index in [4.69, 9.17) is 8.42 Å². The van der Waals surface area contributed by atoms with Gasteiger partial charge in [0.2, 0.25) is 5.95 Å². The summed E-state index contributed by atoms with van der Waals surface area (Å²) in [6.07, 6.45) is -2.19. The molecule has 3 rings (SSSR count). The molecule has 12 heteroatoms. The Bertz CT molecular complexity index is 888. The van der Waals surface area contributed by atoms with Crippen LogP contribution in [0, 0.1) is 6.92 Å². The topological polar surface area (TPSA) is 76.9 Å². The van der Waals surface area contributed by atoms with E-state index < -0.39 is 20.3 Å². The first-order valence-corrected chi connectivity index (χ1v) is 10.5. The van der Waals surface area contributed by atoms with Crippen molar-refractivity contribution in [3.8, 4) is 5.69 Å². The maximum atomic E-state index is 12.7. The van der Waals surface area contributed by atoms with Crippen molar-refractivity contribution in [2.45, 2.75) is 31.9 Å². The summed E-state index contributed by atoms with van der Waals surface area (Å²) < 4.78 is 57.8. The molecule has 0 unspecified atom stereocenters. The van der Waals surface area contributed by atoms with Gasteiger partial charge in [0, 0.05) is 28.4 Å². The highest BCUT2D eigenvalue weighted by Crippen LogP contribution is 2.41. The minimum absolute atomic E-state index is 0.0737. The van der Waals surface area contributed by atoms with Crippen LogP contribution < -0.4 is 5.32 Å². The van der Waals surface area contributed by atoms with Gasteiger partial charge in [-0.05, 0) is 42.9 Å². The van der Waals surface area contributed by atoms with Gasteiger partial charge in [-0.15, -0.1) is 5.10 Å². The molecule has 6 nitrogen and oxygen atoms in total. The molecule has 1 heterocycles. The van der Waals surface area contributed by atoms with Crippen molar-refractivity contribution >= 4 is 35.6 Å². The lowest BCUT2D eigenvalue weighted by Gasteiger charge is -2.10. The van der Waals surface area contributed by atoms with Crippen molar-refractivity contribution in [2.24, 2.45) is 0 Å². The molecule has 0 atom stereocenters. The van der Waals surface area contributed by atoms with Crippen LogP contribution in [0.4, 0.5) is 19.1 Å². The normalized spacial score (nSPS) is 14.6. The van der Waals surface area contributed by atoms with Gasteiger partial charge < -0.3 is 5.32 Å². The van der Waals surface area contributed by atoms with Crippen LogP contribution in [0.3, 0.4) is 0 Å². The number of halogens is 5. The molecule has 0 bridgehead atoms. The van der Waals surface area contributed by atoms with Gasteiger partial charge in [0.25, 0.3) is 5.82 Å². The zero-order valence-corrected chi connectivity index (χ0v) is 16.0. The second-order valence-electron chi connectivity index (χ2n) is 5.62. The molecule has 1 saturated carbocycles. The van der Waals surface area contributed by atoms with E-state index in [1.54, 1.807) is 6.07 Å². The molecule has 0 amide bonds. The Labute approximate surface area is 157 Å². The van der Waals surface area contributed by atoms with E-state index in [9.17, 15) is 13.2 Å². The molecule has 1 N–H and O–H groups in total. The van der Waals surface area contributed by atoms with Gasteiger partial charge in [-0.1, -0.05) is 12.1 Å². The Morgan fingerprint density at radius 1 is 1.27 bits per heavy atom. The molecule has 1 fully saturated rings. The van der Waals surface area contributed by atoms with Crippen LogP contribution in [0.1, 0.15) is 35.7 Å². The van der Waals surface area contributed by atoms with Crippen LogP contribution in [-0.4, -0.2) is 30.2 Å². The number of rotatable bonds is 3. The van der Waals surface area contributed by atoms with Crippen molar-refractivity contribution in [3.05, 3.63) is 35.2 Å². The summed E-state index contributed by atoms with van der Waals surface area (Å²) in [6, 6.07) is 5.77. The summed E-state index contributed by atoms with van der Waals surface area (Å²) in [5.41, 5.74) is 2.72.